The Morgan fingerprint density at radius 1 is 1.03 bits per heavy atom. The molecular formula is C19H33Cl3N6O. The molecular weight excluding hydrogens is 435 g/mol. The summed E-state index contributed by atoms with van der Waals surface area (Å²) in [6.07, 6.45) is 9.22. The highest BCUT2D eigenvalue weighted by atomic mass is 35.5. The zero-order chi connectivity index (χ0) is 17.8. The molecule has 3 aliphatic heterocycles. The molecule has 2 atom stereocenters. The number of carbonyl (C=O) groups is 1. The molecule has 166 valence electrons. The third kappa shape index (κ3) is 7.40. The van der Waals surface area contributed by atoms with Crippen molar-refractivity contribution in [2.75, 3.05) is 44.2 Å². The summed E-state index contributed by atoms with van der Waals surface area (Å²) < 4.78 is 0. The molecule has 3 saturated heterocycles. The zero-order valence-corrected chi connectivity index (χ0v) is 19.1. The second-order valence-electron chi connectivity index (χ2n) is 7.91. The maximum atomic E-state index is 12.2. The number of fused-ring (bicyclic) bond motifs is 2. The molecule has 0 aliphatic carbocycles. The highest BCUT2D eigenvalue weighted by Gasteiger charge is 2.34. The van der Waals surface area contributed by atoms with E-state index in [1.54, 1.807) is 12.4 Å². The summed E-state index contributed by atoms with van der Waals surface area (Å²) in [4.78, 5) is 25.5. The minimum Gasteiger partial charge on any atom is -0.355 e. The van der Waals surface area contributed by atoms with Crippen LogP contribution in [0.1, 0.15) is 32.1 Å². The van der Waals surface area contributed by atoms with E-state index in [0.717, 1.165) is 45.2 Å². The van der Waals surface area contributed by atoms with E-state index in [0.29, 0.717) is 24.4 Å². The molecule has 1 aromatic heterocycles. The fourth-order valence-corrected chi connectivity index (χ4v) is 4.66. The minimum atomic E-state index is 0. The van der Waals surface area contributed by atoms with Crippen LogP contribution < -0.4 is 15.5 Å². The molecule has 1 aromatic rings. The van der Waals surface area contributed by atoms with Gasteiger partial charge in [0.15, 0.2) is 0 Å². The van der Waals surface area contributed by atoms with E-state index >= 15 is 0 Å². The summed E-state index contributed by atoms with van der Waals surface area (Å²) in [7, 11) is 0. The van der Waals surface area contributed by atoms with E-state index in [1.165, 1.54) is 25.7 Å². The van der Waals surface area contributed by atoms with Gasteiger partial charge in [-0.1, -0.05) is 0 Å². The van der Waals surface area contributed by atoms with Gasteiger partial charge in [-0.25, -0.2) is 9.97 Å². The topological polar surface area (TPSA) is 73.4 Å². The summed E-state index contributed by atoms with van der Waals surface area (Å²) >= 11 is 0. The van der Waals surface area contributed by atoms with Crippen LogP contribution in [0.3, 0.4) is 0 Å². The number of piperidine rings is 1. The van der Waals surface area contributed by atoms with Gasteiger partial charge in [-0.3, -0.25) is 9.69 Å². The number of carbonyl (C=O) groups excluding carboxylic acids is 1. The first-order valence-electron chi connectivity index (χ1n) is 10.0. The van der Waals surface area contributed by atoms with Crippen molar-refractivity contribution in [2.24, 2.45) is 5.92 Å². The third-order valence-electron chi connectivity index (χ3n) is 6.00. The number of halogens is 3. The molecule has 3 aliphatic rings. The number of nitrogens with zero attached hydrogens (tertiary/aromatic N) is 4. The summed E-state index contributed by atoms with van der Waals surface area (Å²) in [6, 6.07) is 3.17. The first kappa shape index (κ1) is 26.2. The number of amides is 1. The molecule has 1 amide bonds. The SMILES string of the molecule is Cl.Cl.Cl.O=C(CC1CC2CCC(C1)N2)NCCN1CCN(c2ncccn2)CC1. The van der Waals surface area contributed by atoms with Gasteiger partial charge < -0.3 is 15.5 Å². The molecule has 0 radical (unpaired) electrons. The van der Waals surface area contributed by atoms with Crippen LogP contribution in [-0.4, -0.2) is 72.1 Å². The van der Waals surface area contributed by atoms with Crippen molar-refractivity contribution in [2.45, 2.75) is 44.2 Å². The third-order valence-corrected chi connectivity index (χ3v) is 6.00. The van der Waals surface area contributed by atoms with Crippen molar-refractivity contribution in [3.05, 3.63) is 18.5 Å². The summed E-state index contributed by atoms with van der Waals surface area (Å²) in [6.45, 7) is 5.54. The van der Waals surface area contributed by atoms with Gasteiger partial charge in [0.2, 0.25) is 11.9 Å². The van der Waals surface area contributed by atoms with Gasteiger partial charge in [0, 0.05) is 70.2 Å². The average Bonchev–Trinajstić information content (AvgIpc) is 3.01. The van der Waals surface area contributed by atoms with E-state index in [9.17, 15) is 4.79 Å². The predicted molar refractivity (Wildman–Crippen MR) is 123 cm³/mol. The van der Waals surface area contributed by atoms with Crippen LogP contribution in [0.2, 0.25) is 0 Å². The maximum Gasteiger partial charge on any atom is 0.225 e. The van der Waals surface area contributed by atoms with Crippen LogP contribution in [0.15, 0.2) is 18.5 Å². The lowest BCUT2D eigenvalue weighted by atomic mass is 9.89. The monoisotopic (exact) mass is 466 g/mol. The van der Waals surface area contributed by atoms with E-state index in [1.807, 2.05) is 6.07 Å². The van der Waals surface area contributed by atoms with Crippen molar-refractivity contribution in [1.82, 2.24) is 25.5 Å². The van der Waals surface area contributed by atoms with E-state index in [-0.39, 0.29) is 43.1 Å². The lowest BCUT2D eigenvalue weighted by Crippen LogP contribution is -2.49. The normalized spacial score (nSPS) is 25.9. The Labute approximate surface area is 192 Å². The van der Waals surface area contributed by atoms with Crippen LogP contribution in [-0.2, 0) is 4.79 Å². The Morgan fingerprint density at radius 3 is 2.28 bits per heavy atom. The van der Waals surface area contributed by atoms with Crippen molar-refractivity contribution in [1.29, 1.82) is 0 Å². The fourth-order valence-electron chi connectivity index (χ4n) is 4.66. The van der Waals surface area contributed by atoms with Gasteiger partial charge in [0.25, 0.3) is 0 Å². The van der Waals surface area contributed by atoms with Gasteiger partial charge in [0.1, 0.15) is 0 Å². The molecule has 2 unspecified atom stereocenters. The zero-order valence-electron chi connectivity index (χ0n) is 16.7. The van der Waals surface area contributed by atoms with Gasteiger partial charge in [-0.05, 0) is 37.7 Å². The summed E-state index contributed by atoms with van der Waals surface area (Å²) in [5.74, 6) is 1.62. The molecule has 29 heavy (non-hydrogen) atoms. The molecule has 3 fully saturated rings. The fraction of sp³-hybridized carbons (Fsp3) is 0.737. The van der Waals surface area contributed by atoms with Crippen molar-refractivity contribution < 1.29 is 4.79 Å². The average molecular weight is 468 g/mol. The van der Waals surface area contributed by atoms with Crippen LogP contribution >= 0.6 is 37.2 Å². The molecule has 0 saturated carbocycles. The van der Waals surface area contributed by atoms with Gasteiger partial charge >= 0.3 is 0 Å². The lowest BCUT2D eigenvalue weighted by molar-refractivity contribution is -0.122. The van der Waals surface area contributed by atoms with E-state index in [4.69, 9.17) is 0 Å². The highest BCUT2D eigenvalue weighted by Crippen LogP contribution is 2.32. The molecule has 7 nitrogen and oxygen atoms in total. The number of hydrogen-bond donors (Lipinski definition) is 2. The number of piperazine rings is 1. The Bertz CT molecular complexity index is 591. The first-order valence-corrected chi connectivity index (χ1v) is 10.0. The quantitative estimate of drug-likeness (QED) is 0.666. The minimum absolute atomic E-state index is 0. The largest absolute Gasteiger partial charge is 0.355 e. The van der Waals surface area contributed by atoms with Gasteiger partial charge in [-0.2, -0.15) is 0 Å². The maximum absolute atomic E-state index is 12.2. The Hall–Kier alpha value is -0.860. The first-order chi connectivity index (χ1) is 12.8. The van der Waals surface area contributed by atoms with Crippen molar-refractivity contribution in [3.8, 4) is 0 Å². The lowest BCUT2D eigenvalue weighted by Gasteiger charge is -2.34. The second kappa shape index (κ2) is 12.7. The Kier molecular flexibility index (Phi) is 11.5. The van der Waals surface area contributed by atoms with Gasteiger partial charge in [0.05, 0.1) is 0 Å². The van der Waals surface area contributed by atoms with Crippen LogP contribution in [0.25, 0.3) is 0 Å². The Morgan fingerprint density at radius 2 is 1.66 bits per heavy atom. The molecule has 2 bridgehead atoms. The van der Waals surface area contributed by atoms with Crippen molar-refractivity contribution >= 4 is 49.1 Å². The standard InChI is InChI=1S/C19H30N6O.3ClH/c26-18(14-15-12-16-2-3-17(13-15)23-16)20-6-7-24-8-10-25(11-9-24)19-21-4-1-5-22-19;;;/h1,4-5,15-17,23H,2-3,6-14H2,(H,20,26);3*1H. The molecule has 4 rings (SSSR count). The predicted octanol–water partition coefficient (Wildman–Crippen LogP) is 1.90. The van der Waals surface area contributed by atoms with E-state index < -0.39 is 0 Å². The molecule has 0 spiro atoms. The number of rotatable bonds is 6. The summed E-state index contributed by atoms with van der Waals surface area (Å²) in [5, 5.41) is 6.77. The molecule has 10 heteroatoms. The summed E-state index contributed by atoms with van der Waals surface area (Å²) in [5.41, 5.74) is 0. The molecule has 0 aromatic carbocycles. The molecule has 4 heterocycles. The molecule has 2 N–H and O–H groups in total. The van der Waals surface area contributed by atoms with Crippen LogP contribution in [0.4, 0.5) is 5.95 Å². The highest BCUT2D eigenvalue weighted by molar-refractivity contribution is 5.86. The second-order valence-corrected chi connectivity index (χ2v) is 7.91. The van der Waals surface area contributed by atoms with E-state index in [2.05, 4.69) is 30.4 Å². The van der Waals surface area contributed by atoms with Crippen LogP contribution in [0.5, 0.6) is 0 Å². The van der Waals surface area contributed by atoms with Crippen LogP contribution in [0, 0.1) is 5.92 Å². The number of hydrogen-bond acceptors (Lipinski definition) is 6. The van der Waals surface area contributed by atoms with Crippen molar-refractivity contribution in [3.63, 3.8) is 0 Å². The number of nitrogens with one attached hydrogen (secondary N) is 2. The number of aromatic nitrogens is 2. The van der Waals surface area contributed by atoms with Gasteiger partial charge in [-0.15, -0.1) is 37.2 Å². The number of anilines is 1. The Balaban J connectivity index is 0.00000140. The smallest absolute Gasteiger partial charge is 0.225 e.